The summed E-state index contributed by atoms with van der Waals surface area (Å²) in [6.07, 6.45) is 1.39. The molecular weight excluding hydrogens is 422 g/mol. The number of aliphatic hydroxyl groups excluding tert-OH is 1. The Kier molecular flexibility index (Phi) is 6.22. The van der Waals surface area contributed by atoms with Crippen LogP contribution in [-0.4, -0.2) is 34.9 Å². The molecule has 7 heteroatoms. The fraction of sp³-hybridized carbons (Fsp3) is 0.231. The fourth-order valence-electron chi connectivity index (χ4n) is 3.90. The van der Waals surface area contributed by atoms with Crippen LogP contribution in [-0.2, 0) is 11.3 Å². The Labute approximate surface area is 191 Å². The number of hydrogen-bond acceptors (Lipinski definition) is 6. The van der Waals surface area contributed by atoms with Crippen molar-refractivity contribution in [3.8, 4) is 11.5 Å². The molecule has 1 unspecified atom stereocenters. The normalized spacial score (nSPS) is 15.9. The average Bonchev–Trinajstić information content (AvgIpc) is 3.43. The lowest BCUT2D eigenvalue weighted by atomic mass is 9.94. The van der Waals surface area contributed by atoms with Crippen LogP contribution in [0.5, 0.6) is 11.5 Å². The first-order valence-electron chi connectivity index (χ1n) is 10.6. The first-order chi connectivity index (χ1) is 15.9. The highest BCUT2D eigenvalue weighted by molar-refractivity contribution is 6.15. The molecule has 0 fully saturated rings. The molecule has 1 aromatic heterocycles. The van der Waals surface area contributed by atoms with E-state index in [2.05, 4.69) is 0 Å². The summed E-state index contributed by atoms with van der Waals surface area (Å²) in [5, 5.41) is 10.8. The van der Waals surface area contributed by atoms with Gasteiger partial charge in [-0.15, -0.1) is 0 Å². The van der Waals surface area contributed by atoms with Crippen LogP contribution >= 0.6 is 0 Å². The van der Waals surface area contributed by atoms with E-state index in [9.17, 15) is 14.7 Å². The highest BCUT2D eigenvalue weighted by Gasteiger charge is 2.44. The van der Waals surface area contributed by atoms with E-state index in [0.29, 0.717) is 17.1 Å². The second-order valence-electron chi connectivity index (χ2n) is 7.99. The Bertz CT molecular complexity index is 1180. The molecule has 1 N–H and O–H groups in total. The number of carbonyl (C=O) groups excluding carboxylic acids is 2. The topological polar surface area (TPSA) is 89.2 Å². The molecule has 2 heterocycles. The lowest BCUT2D eigenvalue weighted by Gasteiger charge is -2.27. The number of amides is 1. The first kappa shape index (κ1) is 22.2. The summed E-state index contributed by atoms with van der Waals surface area (Å²) in [6.45, 7) is 4.03. The third-order valence-electron chi connectivity index (χ3n) is 5.35. The van der Waals surface area contributed by atoms with E-state index in [1.54, 1.807) is 37.4 Å². The highest BCUT2D eigenvalue weighted by atomic mass is 16.5. The van der Waals surface area contributed by atoms with Crippen molar-refractivity contribution in [2.24, 2.45) is 0 Å². The maximum atomic E-state index is 13.2. The Morgan fingerprint density at radius 3 is 2.48 bits per heavy atom. The molecule has 0 aliphatic carbocycles. The van der Waals surface area contributed by atoms with Gasteiger partial charge in [-0.2, -0.15) is 0 Å². The smallest absolute Gasteiger partial charge is 0.290 e. The van der Waals surface area contributed by atoms with Crippen LogP contribution in [0, 0.1) is 0 Å². The van der Waals surface area contributed by atoms with Gasteiger partial charge in [-0.3, -0.25) is 9.59 Å². The highest BCUT2D eigenvalue weighted by Crippen LogP contribution is 2.40. The van der Waals surface area contributed by atoms with Crippen LogP contribution in [0.2, 0.25) is 0 Å². The van der Waals surface area contributed by atoms with Crippen LogP contribution in [0.1, 0.15) is 41.6 Å². The van der Waals surface area contributed by atoms with E-state index in [1.165, 1.54) is 17.2 Å². The van der Waals surface area contributed by atoms with Gasteiger partial charge < -0.3 is 23.9 Å². The third-order valence-corrected chi connectivity index (χ3v) is 5.35. The second kappa shape index (κ2) is 9.24. The molecule has 1 atom stereocenters. The maximum Gasteiger partial charge on any atom is 0.290 e. The molecule has 0 radical (unpaired) electrons. The standard InChI is InChI=1S/C26H25NO6/c1-16(2)33-19-11-9-18(10-12-19)23-22(24(28)21-8-5-13-32-21)25(29)26(30)27(23)15-17-6-4-7-20(14-17)31-3/h4-14,16,23,29H,15H2,1-3H3. The number of ether oxygens (including phenoxy) is 2. The summed E-state index contributed by atoms with van der Waals surface area (Å²) < 4.78 is 16.3. The van der Waals surface area contributed by atoms with Gasteiger partial charge in [0.1, 0.15) is 11.5 Å². The molecule has 170 valence electrons. The van der Waals surface area contributed by atoms with Gasteiger partial charge in [0.05, 0.1) is 31.1 Å². The van der Waals surface area contributed by atoms with E-state index in [0.717, 1.165) is 5.56 Å². The molecular formula is C26H25NO6. The van der Waals surface area contributed by atoms with Crippen molar-refractivity contribution in [3.63, 3.8) is 0 Å². The lowest BCUT2D eigenvalue weighted by molar-refractivity contribution is -0.130. The Hall–Kier alpha value is -4.00. The number of rotatable bonds is 8. The van der Waals surface area contributed by atoms with Crippen LogP contribution in [0.25, 0.3) is 0 Å². The molecule has 4 rings (SSSR count). The maximum absolute atomic E-state index is 13.2. The van der Waals surface area contributed by atoms with Gasteiger partial charge in [-0.25, -0.2) is 0 Å². The number of hydrogen-bond donors (Lipinski definition) is 1. The van der Waals surface area contributed by atoms with E-state index < -0.39 is 23.5 Å². The summed E-state index contributed by atoms with van der Waals surface area (Å²) >= 11 is 0. The quantitative estimate of drug-likeness (QED) is 0.497. The van der Waals surface area contributed by atoms with E-state index >= 15 is 0 Å². The monoisotopic (exact) mass is 447 g/mol. The van der Waals surface area contributed by atoms with Gasteiger partial charge in [0.25, 0.3) is 5.91 Å². The second-order valence-corrected chi connectivity index (χ2v) is 7.99. The van der Waals surface area contributed by atoms with E-state index in [4.69, 9.17) is 13.9 Å². The van der Waals surface area contributed by atoms with Crippen molar-refractivity contribution in [2.45, 2.75) is 32.5 Å². The molecule has 1 aliphatic rings. The molecule has 0 bridgehead atoms. The summed E-state index contributed by atoms with van der Waals surface area (Å²) in [5.41, 5.74) is 1.45. The summed E-state index contributed by atoms with van der Waals surface area (Å²) in [7, 11) is 1.57. The molecule has 0 saturated heterocycles. The van der Waals surface area contributed by atoms with Crippen LogP contribution in [0.15, 0.2) is 82.7 Å². The van der Waals surface area contributed by atoms with Crippen LogP contribution in [0.3, 0.4) is 0 Å². The molecule has 0 saturated carbocycles. The molecule has 7 nitrogen and oxygen atoms in total. The number of benzene rings is 2. The molecule has 1 amide bonds. The van der Waals surface area contributed by atoms with Crippen molar-refractivity contribution in [1.82, 2.24) is 4.90 Å². The summed E-state index contributed by atoms with van der Waals surface area (Å²) in [5.74, 6) is -0.365. The Morgan fingerprint density at radius 1 is 1.09 bits per heavy atom. The van der Waals surface area contributed by atoms with Crippen molar-refractivity contribution < 1.29 is 28.6 Å². The minimum absolute atomic E-state index is 0.00787. The zero-order chi connectivity index (χ0) is 23.5. The zero-order valence-electron chi connectivity index (χ0n) is 18.6. The largest absolute Gasteiger partial charge is 0.503 e. The number of Topliss-reactive ketones (excluding diaryl/α,β-unsaturated/α-hetero) is 1. The summed E-state index contributed by atoms with van der Waals surface area (Å²) in [6, 6.07) is 16.8. The predicted molar refractivity (Wildman–Crippen MR) is 121 cm³/mol. The first-order valence-corrected chi connectivity index (χ1v) is 10.6. The van der Waals surface area contributed by atoms with Crippen molar-refractivity contribution in [1.29, 1.82) is 0 Å². The van der Waals surface area contributed by atoms with Crippen LogP contribution in [0.4, 0.5) is 0 Å². The van der Waals surface area contributed by atoms with Crippen molar-refractivity contribution in [3.05, 3.63) is 95.1 Å². The Balaban J connectivity index is 1.75. The Morgan fingerprint density at radius 2 is 1.85 bits per heavy atom. The van der Waals surface area contributed by atoms with Gasteiger partial charge in [-0.1, -0.05) is 24.3 Å². The van der Waals surface area contributed by atoms with Crippen molar-refractivity contribution in [2.75, 3.05) is 7.11 Å². The summed E-state index contributed by atoms with van der Waals surface area (Å²) in [4.78, 5) is 27.8. The molecule has 3 aromatic rings. The van der Waals surface area contributed by atoms with Gasteiger partial charge in [0.15, 0.2) is 11.5 Å². The number of aliphatic hydroxyl groups is 1. The minimum atomic E-state index is -0.797. The number of nitrogens with zero attached hydrogens (tertiary/aromatic N) is 1. The molecule has 2 aromatic carbocycles. The van der Waals surface area contributed by atoms with E-state index in [1.807, 2.05) is 38.1 Å². The predicted octanol–water partition coefficient (Wildman–Crippen LogP) is 4.85. The van der Waals surface area contributed by atoms with Gasteiger partial charge in [0.2, 0.25) is 5.78 Å². The lowest BCUT2D eigenvalue weighted by Crippen LogP contribution is -2.30. The van der Waals surface area contributed by atoms with E-state index in [-0.39, 0.29) is 24.0 Å². The van der Waals surface area contributed by atoms with Gasteiger partial charge >= 0.3 is 0 Å². The molecule has 0 spiro atoms. The zero-order valence-corrected chi connectivity index (χ0v) is 18.6. The van der Waals surface area contributed by atoms with Crippen LogP contribution < -0.4 is 9.47 Å². The number of ketones is 1. The van der Waals surface area contributed by atoms with Crippen molar-refractivity contribution >= 4 is 11.7 Å². The number of furan rings is 1. The average molecular weight is 447 g/mol. The SMILES string of the molecule is COc1cccc(CN2C(=O)C(O)=C(C(=O)c3ccco3)C2c2ccc(OC(C)C)cc2)c1. The molecule has 33 heavy (non-hydrogen) atoms. The van der Waals surface area contributed by atoms with Gasteiger partial charge in [0, 0.05) is 6.54 Å². The third kappa shape index (κ3) is 4.48. The fourth-order valence-corrected chi connectivity index (χ4v) is 3.90. The number of carbonyl (C=O) groups is 2. The molecule has 1 aliphatic heterocycles. The number of methoxy groups -OCH3 is 1. The van der Waals surface area contributed by atoms with Gasteiger partial charge in [-0.05, 0) is 61.4 Å². The minimum Gasteiger partial charge on any atom is -0.503 e.